The van der Waals surface area contributed by atoms with Gasteiger partial charge in [-0.15, -0.1) is 0 Å². The zero-order valence-corrected chi connectivity index (χ0v) is 7.38. The van der Waals surface area contributed by atoms with Crippen LogP contribution in [0.3, 0.4) is 0 Å². The van der Waals surface area contributed by atoms with Crippen molar-refractivity contribution in [2.75, 3.05) is 0 Å². The number of phenolic OH excluding ortho intramolecular Hbond substituents is 1. The van der Waals surface area contributed by atoms with E-state index in [1.165, 1.54) is 24.0 Å². The van der Waals surface area contributed by atoms with E-state index in [0.29, 0.717) is 5.75 Å². The maximum atomic E-state index is 9.25. The first-order chi connectivity index (χ1) is 5.75. The number of rotatable bonds is 0. The van der Waals surface area contributed by atoms with Crippen LogP contribution in [-0.4, -0.2) is 5.11 Å². The highest BCUT2D eigenvalue weighted by atomic mass is 16.3. The summed E-state index contributed by atoms with van der Waals surface area (Å²) in [6.45, 7) is 2.29. The Bertz CT molecular complexity index is 291. The quantitative estimate of drug-likeness (QED) is 0.621. The minimum Gasteiger partial charge on any atom is -0.508 e. The summed E-state index contributed by atoms with van der Waals surface area (Å²) < 4.78 is 0. The van der Waals surface area contributed by atoms with E-state index in [-0.39, 0.29) is 0 Å². The lowest BCUT2D eigenvalue weighted by molar-refractivity contribution is 0.466. The second kappa shape index (κ2) is 2.81. The van der Waals surface area contributed by atoms with Gasteiger partial charge >= 0.3 is 0 Å². The third kappa shape index (κ3) is 1.31. The van der Waals surface area contributed by atoms with Crippen molar-refractivity contribution in [3.63, 3.8) is 0 Å². The van der Waals surface area contributed by atoms with Crippen LogP contribution in [0.2, 0.25) is 0 Å². The van der Waals surface area contributed by atoms with Gasteiger partial charge in [-0.05, 0) is 48.4 Å². The molecule has 12 heavy (non-hydrogen) atoms. The summed E-state index contributed by atoms with van der Waals surface area (Å²) in [5, 5.41) is 9.25. The summed E-state index contributed by atoms with van der Waals surface area (Å²) in [6.07, 6.45) is 3.57. The average Bonchev–Trinajstić information content (AvgIpc) is 2.05. The summed E-state index contributed by atoms with van der Waals surface area (Å²) in [7, 11) is 0. The summed E-state index contributed by atoms with van der Waals surface area (Å²) in [6, 6.07) is 5.75. The molecule has 1 atom stereocenters. The fourth-order valence-electron chi connectivity index (χ4n) is 1.92. The van der Waals surface area contributed by atoms with Gasteiger partial charge in [-0.1, -0.05) is 13.0 Å². The van der Waals surface area contributed by atoms with E-state index in [4.69, 9.17) is 0 Å². The highest BCUT2D eigenvalue weighted by molar-refractivity contribution is 5.36. The topological polar surface area (TPSA) is 20.2 Å². The van der Waals surface area contributed by atoms with Crippen molar-refractivity contribution in [2.45, 2.75) is 26.2 Å². The van der Waals surface area contributed by atoms with Crippen molar-refractivity contribution < 1.29 is 5.11 Å². The highest BCUT2D eigenvalue weighted by Crippen LogP contribution is 2.27. The molecule has 0 saturated carbocycles. The Balaban J connectivity index is 2.37. The van der Waals surface area contributed by atoms with Gasteiger partial charge in [-0.3, -0.25) is 0 Å². The molecule has 1 aromatic carbocycles. The number of hydrogen-bond acceptors (Lipinski definition) is 1. The molecule has 1 aliphatic rings. The van der Waals surface area contributed by atoms with Crippen LogP contribution in [0.5, 0.6) is 5.75 Å². The molecule has 0 fully saturated rings. The molecule has 1 nitrogen and oxygen atoms in total. The first kappa shape index (κ1) is 7.66. The maximum Gasteiger partial charge on any atom is 0.115 e. The lowest BCUT2D eigenvalue weighted by Gasteiger charge is -2.21. The van der Waals surface area contributed by atoms with Crippen molar-refractivity contribution in [1.82, 2.24) is 0 Å². The Hall–Kier alpha value is -0.980. The maximum absolute atomic E-state index is 9.25. The molecule has 64 valence electrons. The van der Waals surface area contributed by atoms with Gasteiger partial charge in [-0.2, -0.15) is 0 Å². The van der Waals surface area contributed by atoms with Crippen molar-refractivity contribution in [3.8, 4) is 5.75 Å². The van der Waals surface area contributed by atoms with E-state index in [9.17, 15) is 5.11 Å². The van der Waals surface area contributed by atoms with E-state index in [1.54, 1.807) is 6.07 Å². The summed E-state index contributed by atoms with van der Waals surface area (Å²) in [4.78, 5) is 0. The van der Waals surface area contributed by atoms with E-state index >= 15 is 0 Å². The highest BCUT2D eigenvalue weighted by Gasteiger charge is 2.14. The normalized spacial score (nSPS) is 21.9. The Labute approximate surface area is 73.0 Å². The van der Waals surface area contributed by atoms with Gasteiger partial charge in [0.1, 0.15) is 5.75 Å². The molecular weight excluding hydrogens is 148 g/mol. The molecule has 1 unspecified atom stereocenters. The molecule has 1 aromatic rings. The predicted molar refractivity (Wildman–Crippen MR) is 49.3 cm³/mol. The summed E-state index contributed by atoms with van der Waals surface area (Å²) in [5.74, 6) is 1.21. The SMILES string of the molecule is CC1CCc2cc(O)ccc2C1. The molecular formula is C11H14O. The van der Waals surface area contributed by atoms with Crippen LogP contribution >= 0.6 is 0 Å². The lowest BCUT2D eigenvalue weighted by atomic mass is 9.85. The van der Waals surface area contributed by atoms with Crippen molar-refractivity contribution in [3.05, 3.63) is 29.3 Å². The average molecular weight is 162 g/mol. The second-order valence-corrected chi connectivity index (χ2v) is 3.80. The minimum atomic E-state index is 0.406. The van der Waals surface area contributed by atoms with Crippen LogP contribution in [0.4, 0.5) is 0 Å². The first-order valence-electron chi connectivity index (χ1n) is 4.56. The Kier molecular flexibility index (Phi) is 1.80. The fraction of sp³-hybridized carbons (Fsp3) is 0.455. The van der Waals surface area contributed by atoms with Crippen molar-refractivity contribution in [1.29, 1.82) is 0 Å². The third-order valence-electron chi connectivity index (χ3n) is 2.66. The van der Waals surface area contributed by atoms with Gasteiger partial charge in [0, 0.05) is 0 Å². The van der Waals surface area contributed by atoms with Crippen LogP contribution in [0.15, 0.2) is 18.2 Å². The molecule has 1 aliphatic carbocycles. The number of benzene rings is 1. The molecule has 0 aromatic heterocycles. The zero-order chi connectivity index (χ0) is 8.55. The van der Waals surface area contributed by atoms with Gasteiger partial charge in [-0.25, -0.2) is 0 Å². The van der Waals surface area contributed by atoms with Gasteiger partial charge in [0.25, 0.3) is 0 Å². The molecule has 0 saturated heterocycles. The zero-order valence-electron chi connectivity index (χ0n) is 7.38. The first-order valence-corrected chi connectivity index (χ1v) is 4.56. The minimum absolute atomic E-state index is 0.406. The standard InChI is InChI=1S/C11H14O/c1-8-2-3-10-7-11(12)5-4-9(10)6-8/h4-5,7-8,12H,2-3,6H2,1H3. The fourth-order valence-corrected chi connectivity index (χ4v) is 1.92. The molecule has 0 aliphatic heterocycles. The molecule has 0 heterocycles. The third-order valence-corrected chi connectivity index (χ3v) is 2.66. The van der Waals surface area contributed by atoms with Crippen LogP contribution in [0.1, 0.15) is 24.5 Å². The number of aromatic hydroxyl groups is 1. The van der Waals surface area contributed by atoms with Gasteiger partial charge in [0.15, 0.2) is 0 Å². The number of aryl methyl sites for hydroxylation is 1. The summed E-state index contributed by atoms with van der Waals surface area (Å²) >= 11 is 0. The van der Waals surface area contributed by atoms with Crippen LogP contribution in [0.25, 0.3) is 0 Å². The Morgan fingerprint density at radius 3 is 3.00 bits per heavy atom. The van der Waals surface area contributed by atoms with Crippen LogP contribution in [-0.2, 0) is 12.8 Å². The Morgan fingerprint density at radius 1 is 1.33 bits per heavy atom. The Morgan fingerprint density at radius 2 is 2.17 bits per heavy atom. The second-order valence-electron chi connectivity index (χ2n) is 3.80. The van der Waals surface area contributed by atoms with Gasteiger partial charge in [0.05, 0.1) is 0 Å². The molecule has 0 radical (unpaired) electrons. The van der Waals surface area contributed by atoms with Gasteiger partial charge < -0.3 is 5.11 Å². The van der Waals surface area contributed by atoms with Crippen molar-refractivity contribution >= 4 is 0 Å². The number of fused-ring (bicyclic) bond motifs is 1. The monoisotopic (exact) mass is 162 g/mol. The van der Waals surface area contributed by atoms with Crippen LogP contribution in [0, 0.1) is 5.92 Å². The molecule has 1 heteroatoms. The molecule has 1 N–H and O–H groups in total. The van der Waals surface area contributed by atoms with Crippen molar-refractivity contribution in [2.24, 2.45) is 5.92 Å². The van der Waals surface area contributed by atoms with E-state index < -0.39 is 0 Å². The van der Waals surface area contributed by atoms with E-state index in [1.807, 2.05) is 6.07 Å². The molecule has 0 bridgehead atoms. The van der Waals surface area contributed by atoms with E-state index in [0.717, 1.165) is 12.3 Å². The predicted octanol–water partition coefficient (Wildman–Crippen LogP) is 2.52. The van der Waals surface area contributed by atoms with E-state index in [2.05, 4.69) is 13.0 Å². The lowest BCUT2D eigenvalue weighted by Crippen LogP contribution is -2.10. The molecule has 0 amide bonds. The number of phenols is 1. The molecule has 2 rings (SSSR count). The number of hydrogen-bond donors (Lipinski definition) is 1. The summed E-state index contributed by atoms with van der Waals surface area (Å²) in [5.41, 5.74) is 2.76. The van der Waals surface area contributed by atoms with Crippen LogP contribution < -0.4 is 0 Å². The largest absolute Gasteiger partial charge is 0.508 e. The van der Waals surface area contributed by atoms with Gasteiger partial charge in [0.2, 0.25) is 0 Å². The smallest absolute Gasteiger partial charge is 0.115 e. The molecule has 0 spiro atoms.